The van der Waals surface area contributed by atoms with Crippen LogP contribution in [0.25, 0.3) is 0 Å². The molecular formula is C25H33N3O7. The summed E-state index contributed by atoms with van der Waals surface area (Å²) in [4.78, 5) is 41.6. The maximum atomic E-state index is 12.5. The fraction of sp³-hybridized carbons (Fsp3) is 0.440. The molecule has 0 aliphatic carbocycles. The highest BCUT2D eigenvalue weighted by Gasteiger charge is 2.22. The van der Waals surface area contributed by atoms with Crippen molar-refractivity contribution in [2.24, 2.45) is 0 Å². The molecule has 2 rings (SSSR count). The normalized spacial score (nSPS) is 12.1. The van der Waals surface area contributed by atoms with E-state index in [9.17, 15) is 19.5 Å². The predicted octanol–water partition coefficient (Wildman–Crippen LogP) is 4.62. The molecule has 1 aromatic heterocycles. The average molecular weight is 488 g/mol. The maximum Gasteiger partial charge on any atom is 0.414 e. The van der Waals surface area contributed by atoms with Crippen LogP contribution in [0.2, 0.25) is 0 Å². The topological polar surface area (TPSA) is 127 Å². The number of pyridine rings is 1. The highest BCUT2D eigenvalue weighted by molar-refractivity contribution is 5.88. The van der Waals surface area contributed by atoms with Gasteiger partial charge in [0, 0.05) is 6.42 Å². The number of aliphatic carboxylic acids is 1. The molecule has 1 heterocycles. The number of rotatable bonds is 9. The molecule has 10 nitrogen and oxygen atoms in total. The molecule has 2 aromatic rings. The lowest BCUT2D eigenvalue weighted by Crippen LogP contribution is -2.31. The van der Waals surface area contributed by atoms with Crippen molar-refractivity contribution in [1.82, 2.24) is 4.98 Å². The zero-order chi connectivity index (χ0) is 26.2. The molecule has 2 N–H and O–H groups in total. The van der Waals surface area contributed by atoms with Crippen molar-refractivity contribution < 1.29 is 33.7 Å². The molecule has 1 atom stereocenters. The lowest BCUT2D eigenvalue weighted by Gasteiger charge is -2.22. The lowest BCUT2D eigenvalue weighted by atomic mass is 10.0. The van der Waals surface area contributed by atoms with Gasteiger partial charge in [-0.3, -0.25) is 10.2 Å². The molecule has 2 amide bonds. The summed E-state index contributed by atoms with van der Waals surface area (Å²) in [7, 11) is 1.28. The Balaban J connectivity index is 2.18. The van der Waals surface area contributed by atoms with E-state index in [1.54, 1.807) is 52.8 Å². The zero-order valence-corrected chi connectivity index (χ0v) is 20.9. The van der Waals surface area contributed by atoms with Crippen molar-refractivity contribution in [1.29, 1.82) is 0 Å². The molecule has 190 valence electrons. The molecule has 0 spiro atoms. The summed E-state index contributed by atoms with van der Waals surface area (Å²) in [5.74, 6) is -0.772. The summed E-state index contributed by atoms with van der Waals surface area (Å²) < 4.78 is 15.6. The third-order valence-corrected chi connectivity index (χ3v) is 4.55. The van der Waals surface area contributed by atoms with Gasteiger partial charge in [0.1, 0.15) is 11.4 Å². The van der Waals surface area contributed by atoms with Crippen LogP contribution in [0.5, 0.6) is 0 Å². The van der Waals surface area contributed by atoms with E-state index in [-0.39, 0.29) is 24.9 Å². The van der Waals surface area contributed by atoms with Crippen LogP contribution in [0.4, 0.5) is 21.1 Å². The van der Waals surface area contributed by atoms with E-state index in [4.69, 9.17) is 14.2 Å². The largest absolute Gasteiger partial charge is 0.479 e. The number of carboxylic acid groups (broad SMARTS) is 1. The SMILES string of the molecule is COC(=O)N(Cc1cccc(C[C@H](OC(C)C)C(=O)O)c1)c1ccc(NC(=O)OC(C)(C)C)nc1. The average Bonchev–Trinajstić information content (AvgIpc) is 2.76. The van der Waals surface area contributed by atoms with E-state index in [1.165, 1.54) is 18.2 Å². The number of nitrogens with one attached hydrogen (secondary N) is 1. The first-order chi connectivity index (χ1) is 16.4. The Morgan fingerprint density at radius 1 is 1.11 bits per heavy atom. The standard InChI is InChI=1S/C25H33N3O7/c1-16(2)34-20(22(29)30)13-17-8-7-9-18(12-17)15-28(24(32)33-6)19-10-11-21(26-14-19)27-23(31)35-25(3,4)5/h7-12,14,16,20H,13,15H2,1-6H3,(H,29,30)(H,26,27,31)/t20-/m0/s1. The minimum Gasteiger partial charge on any atom is -0.479 e. The molecular weight excluding hydrogens is 454 g/mol. The third-order valence-electron chi connectivity index (χ3n) is 4.55. The fourth-order valence-corrected chi connectivity index (χ4v) is 3.17. The van der Waals surface area contributed by atoms with E-state index in [0.29, 0.717) is 5.69 Å². The molecule has 0 radical (unpaired) electrons. The van der Waals surface area contributed by atoms with Gasteiger partial charge in [-0.05, 0) is 57.9 Å². The van der Waals surface area contributed by atoms with Crippen LogP contribution >= 0.6 is 0 Å². The Kier molecular flexibility index (Phi) is 9.59. The zero-order valence-electron chi connectivity index (χ0n) is 20.9. The highest BCUT2D eigenvalue weighted by Crippen LogP contribution is 2.21. The van der Waals surface area contributed by atoms with Crippen LogP contribution in [-0.2, 0) is 32.0 Å². The van der Waals surface area contributed by atoms with Crippen LogP contribution in [-0.4, -0.2) is 53.2 Å². The molecule has 0 saturated carbocycles. The number of aromatic nitrogens is 1. The molecule has 10 heteroatoms. The van der Waals surface area contributed by atoms with E-state index in [1.807, 2.05) is 18.2 Å². The first-order valence-electron chi connectivity index (χ1n) is 11.2. The Morgan fingerprint density at radius 3 is 2.34 bits per heavy atom. The number of amides is 2. The summed E-state index contributed by atoms with van der Waals surface area (Å²) >= 11 is 0. The number of hydrogen-bond acceptors (Lipinski definition) is 7. The highest BCUT2D eigenvalue weighted by atomic mass is 16.6. The molecule has 0 unspecified atom stereocenters. The van der Waals surface area contributed by atoms with Crippen LogP contribution in [0.15, 0.2) is 42.6 Å². The van der Waals surface area contributed by atoms with Gasteiger partial charge in [-0.2, -0.15) is 0 Å². The van der Waals surface area contributed by atoms with Crippen molar-refractivity contribution >= 4 is 29.7 Å². The predicted molar refractivity (Wildman–Crippen MR) is 130 cm³/mol. The van der Waals surface area contributed by atoms with Gasteiger partial charge in [0.25, 0.3) is 0 Å². The molecule has 0 fully saturated rings. The Labute approximate surface area is 205 Å². The molecule has 0 bridgehead atoms. The van der Waals surface area contributed by atoms with E-state index >= 15 is 0 Å². The van der Waals surface area contributed by atoms with Gasteiger partial charge in [0.05, 0.1) is 31.6 Å². The minimum atomic E-state index is -1.04. The molecule has 0 aliphatic rings. The summed E-state index contributed by atoms with van der Waals surface area (Å²) in [5.41, 5.74) is 1.32. The first kappa shape index (κ1) is 27.6. The first-order valence-corrected chi connectivity index (χ1v) is 11.2. The van der Waals surface area contributed by atoms with Gasteiger partial charge in [-0.1, -0.05) is 24.3 Å². The number of benzene rings is 1. The number of nitrogens with zero attached hydrogens (tertiary/aromatic N) is 2. The maximum absolute atomic E-state index is 12.5. The van der Waals surface area contributed by atoms with Crippen molar-refractivity contribution in [2.45, 2.75) is 65.4 Å². The van der Waals surface area contributed by atoms with Crippen molar-refractivity contribution in [3.63, 3.8) is 0 Å². The smallest absolute Gasteiger partial charge is 0.414 e. The van der Waals surface area contributed by atoms with Gasteiger partial charge in [-0.25, -0.2) is 19.4 Å². The van der Waals surface area contributed by atoms with Crippen LogP contribution in [0.3, 0.4) is 0 Å². The van der Waals surface area contributed by atoms with E-state index < -0.39 is 29.9 Å². The number of anilines is 2. The van der Waals surface area contributed by atoms with Crippen molar-refractivity contribution in [2.75, 3.05) is 17.3 Å². The summed E-state index contributed by atoms with van der Waals surface area (Å²) in [6.45, 7) is 8.98. The van der Waals surface area contributed by atoms with E-state index in [0.717, 1.165) is 11.1 Å². The van der Waals surface area contributed by atoms with Crippen molar-refractivity contribution in [3.05, 3.63) is 53.7 Å². The molecule has 0 aliphatic heterocycles. The number of methoxy groups -OCH3 is 1. The summed E-state index contributed by atoms with van der Waals surface area (Å²) in [6.07, 6.45) is -0.820. The van der Waals surface area contributed by atoms with Crippen LogP contribution in [0.1, 0.15) is 45.7 Å². The van der Waals surface area contributed by atoms with E-state index in [2.05, 4.69) is 10.3 Å². The van der Waals surface area contributed by atoms with Gasteiger partial charge >= 0.3 is 18.2 Å². The number of hydrogen-bond donors (Lipinski definition) is 2. The Morgan fingerprint density at radius 2 is 1.80 bits per heavy atom. The van der Waals surface area contributed by atoms with Gasteiger partial charge in [0.15, 0.2) is 6.10 Å². The second-order valence-corrected chi connectivity index (χ2v) is 9.12. The van der Waals surface area contributed by atoms with Crippen LogP contribution in [0, 0.1) is 0 Å². The van der Waals surface area contributed by atoms with Gasteiger partial charge < -0.3 is 19.3 Å². The number of carbonyl (C=O) groups is 3. The van der Waals surface area contributed by atoms with Crippen LogP contribution < -0.4 is 10.2 Å². The number of carboxylic acids is 1. The monoisotopic (exact) mass is 487 g/mol. The molecule has 1 aromatic carbocycles. The molecule has 35 heavy (non-hydrogen) atoms. The Hall–Kier alpha value is -3.66. The lowest BCUT2D eigenvalue weighted by molar-refractivity contribution is -0.153. The summed E-state index contributed by atoms with van der Waals surface area (Å²) in [6, 6.07) is 10.4. The number of carbonyl (C=O) groups excluding carboxylic acids is 2. The fourth-order valence-electron chi connectivity index (χ4n) is 3.17. The molecule has 0 saturated heterocycles. The van der Waals surface area contributed by atoms with Gasteiger partial charge in [-0.15, -0.1) is 0 Å². The summed E-state index contributed by atoms with van der Waals surface area (Å²) in [5, 5.41) is 12.0. The third kappa shape index (κ3) is 9.24. The van der Waals surface area contributed by atoms with Crippen molar-refractivity contribution in [3.8, 4) is 0 Å². The Bertz CT molecular complexity index is 1020. The number of ether oxygens (including phenoxy) is 3. The quantitative estimate of drug-likeness (QED) is 0.524. The second-order valence-electron chi connectivity index (χ2n) is 9.12. The minimum absolute atomic E-state index is 0.157. The van der Waals surface area contributed by atoms with Gasteiger partial charge in [0.2, 0.25) is 0 Å². The second kappa shape index (κ2) is 12.2.